The molecule has 3 N–H and O–H groups in total. The van der Waals surface area contributed by atoms with Gasteiger partial charge in [0, 0.05) is 12.0 Å². The third-order valence-corrected chi connectivity index (χ3v) is 3.66. The predicted octanol–water partition coefficient (Wildman–Crippen LogP) is 0.983. The number of hydrogen-bond acceptors (Lipinski definition) is 3. The fourth-order valence-corrected chi connectivity index (χ4v) is 2.67. The number of carbonyl (C=O) groups excluding carboxylic acids is 1. The molecule has 0 aliphatic carbocycles. The Morgan fingerprint density at radius 1 is 1.57 bits per heavy atom. The molecule has 1 aliphatic heterocycles. The Labute approximate surface area is 90.2 Å². The molecule has 14 heavy (non-hydrogen) atoms. The Bertz CT molecular complexity index is 181. The van der Waals surface area contributed by atoms with Crippen LogP contribution in [-0.2, 0) is 4.79 Å². The van der Waals surface area contributed by atoms with Crippen LogP contribution >= 0.6 is 11.8 Å². The van der Waals surface area contributed by atoms with Crippen molar-refractivity contribution >= 4 is 17.7 Å². The summed E-state index contributed by atoms with van der Waals surface area (Å²) < 4.78 is 0. The smallest absolute Gasteiger partial charge is 0.223 e. The van der Waals surface area contributed by atoms with Gasteiger partial charge in [-0.1, -0.05) is 6.92 Å². The predicted molar refractivity (Wildman–Crippen MR) is 61.3 cm³/mol. The molecule has 4 heteroatoms. The summed E-state index contributed by atoms with van der Waals surface area (Å²) in [4.78, 5) is 11.6. The van der Waals surface area contributed by atoms with E-state index in [2.05, 4.69) is 5.32 Å². The second-order valence-corrected chi connectivity index (χ2v) is 5.10. The van der Waals surface area contributed by atoms with Crippen molar-refractivity contribution in [2.24, 2.45) is 11.7 Å². The molecule has 0 aromatic carbocycles. The van der Waals surface area contributed by atoms with Gasteiger partial charge in [-0.15, -0.1) is 0 Å². The molecule has 0 bridgehead atoms. The molecule has 0 spiro atoms. The van der Waals surface area contributed by atoms with Crippen molar-refractivity contribution in [1.29, 1.82) is 0 Å². The van der Waals surface area contributed by atoms with Gasteiger partial charge in [-0.25, -0.2) is 0 Å². The summed E-state index contributed by atoms with van der Waals surface area (Å²) in [6, 6.07) is 0.406. The highest BCUT2D eigenvalue weighted by molar-refractivity contribution is 7.99. The fourth-order valence-electron chi connectivity index (χ4n) is 1.57. The van der Waals surface area contributed by atoms with Gasteiger partial charge in [-0.3, -0.25) is 4.79 Å². The fraction of sp³-hybridized carbons (Fsp3) is 0.900. The van der Waals surface area contributed by atoms with Gasteiger partial charge in [0.15, 0.2) is 0 Å². The highest BCUT2D eigenvalue weighted by Crippen LogP contribution is 2.17. The zero-order valence-corrected chi connectivity index (χ0v) is 9.61. The van der Waals surface area contributed by atoms with Crippen LogP contribution in [0.1, 0.15) is 26.2 Å². The lowest BCUT2D eigenvalue weighted by molar-refractivity contribution is -0.125. The molecule has 0 radical (unpaired) electrons. The molecule has 0 aromatic rings. The van der Waals surface area contributed by atoms with Crippen LogP contribution in [0.25, 0.3) is 0 Å². The van der Waals surface area contributed by atoms with Crippen molar-refractivity contribution in [3.05, 3.63) is 0 Å². The van der Waals surface area contributed by atoms with E-state index >= 15 is 0 Å². The summed E-state index contributed by atoms with van der Waals surface area (Å²) in [5.41, 5.74) is 5.42. The van der Waals surface area contributed by atoms with Gasteiger partial charge >= 0.3 is 0 Å². The van der Waals surface area contributed by atoms with E-state index in [1.165, 1.54) is 11.5 Å². The Balaban J connectivity index is 2.24. The van der Waals surface area contributed by atoms with Crippen molar-refractivity contribution in [1.82, 2.24) is 5.32 Å². The van der Waals surface area contributed by atoms with E-state index in [-0.39, 0.29) is 11.8 Å². The first-order chi connectivity index (χ1) is 6.74. The van der Waals surface area contributed by atoms with Gasteiger partial charge in [-0.2, -0.15) is 11.8 Å². The first kappa shape index (κ1) is 11.9. The summed E-state index contributed by atoms with van der Waals surface area (Å²) in [7, 11) is 0. The van der Waals surface area contributed by atoms with E-state index in [0.29, 0.717) is 12.6 Å². The first-order valence-electron chi connectivity index (χ1n) is 5.32. The average Bonchev–Trinajstić information content (AvgIpc) is 2.19. The molecule has 1 saturated heterocycles. The molecule has 1 atom stereocenters. The average molecular weight is 216 g/mol. The molecule has 0 saturated carbocycles. The monoisotopic (exact) mass is 216 g/mol. The summed E-state index contributed by atoms with van der Waals surface area (Å²) in [5.74, 6) is 2.59. The van der Waals surface area contributed by atoms with Crippen LogP contribution < -0.4 is 11.1 Å². The van der Waals surface area contributed by atoms with E-state index in [4.69, 9.17) is 5.73 Å². The van der Waals surface area contributed by atoms with Gasteiger partial charge in [0.2, 0.25) is 5.91 Å². The van der Waals surface area contributed by atoms with Gasteiger partial charge in [0.25, 0.3) is 0 Å². The number of hydrogen-bond donors (Lipinski definition) is 2. The van der Waals surface area contributed by atoms with Gasteiger partial charge in [0.1, 0.15) is 0 Å². The Morgan fingerprint density at radius 2 is 2.21 bits per heavy atom. The number of nitrogens with one attached hydrogen (secondary N) is 1. The standard InChI is InChI=1S/C10H20N2OS/c1-8(2-5-11)10(13)12-9-3-6-14-7-4-9/h8-9H,2-7,11H2,1H3,(H,12,13). The molecule has 1 unspecified atom stereocenters. The van der Waals surface area contributed by atoms with Crippen LogP contribution in [0.4, 0.5) is 0 Å². The van der Waals surface area contributed by atoms with Crippen molar-refractivity contribution in [3.63, 3.8) is 0 Å². The third kappa shape index (κ3) is 3.88. The highest BCUT2D eigenvalue weighted by atomic mass is 32.2. The zero-order chi connectivity index (χ0) is 10.4. The summed E-state index contributed by atoms with van der Waals surface area (Å²) >= 11 is 1.97. The molecule has 1 rings (SSSR count). The molecule has 1 amide bonds. The lowest BCUT2D eigenvalue weighted by Crippen LogP contribution is -2.40. The van der Waals surface area contributed by atoms with Crippen LogP contribution in [0.5, 0.6) is 0 Å². The quantitative estimate of drug-likeness (QED) is 0.736. The van der Waals surface area contributed by atoms with Crippen LogP contribution in [0.3, 0.4) is 0 Å². The molecule has 3 nitrogen and oxygen atoms in total. The Kier molecular flexibility index (Phi) is 5.33. The van der Waals surface area contributed by atoms with Crippen molar-refractivity contribution in [3.8, 4) is 0 Å². The number of thioether (sulfide) groups is 1. The SMILES string of the molecule is CC(CCN)C(=O)NC1CCSCC1. The van der Waals surface area contributed by atoms with Gasteiger partial charge < -0.3 is 11.1 Å². The molecule has 1 aliphatic rings. The Hall–Kier alpha value is -0.220. The van der Waals surface area contributed by atoms with E-state index in [1.807, 2.05) is 18.7 Å². The number of nitrogens with two attached hydrogens (primary N) is 1. The van der Waals surface area contributed by atoms with Crippen LogP contribution in [0.15, 0.2) is 0 Å². The molecule has 1 fully saturated rings. The highest BCUT2D eigenvalue weighted by Gasteiger charge is 2.18. The molecule has 0 aromatic heterocycles. The van der Waals surface area contributed by atoms with Gasteiger partial charge in [-0.05, 0) is 37.3 Å². The second kappa shape index (κ2) is 6.30. The zero-order valence-electron chi connectivity index (χ0n) is 8.79. The molecule has 1 heterocycles. The van der Waals surface area contributed by atoms with Crippen molar-refractivity contribution in [2.45, 2.75) is 32.2 Å². The second-order valence-electron chi connectivity index (χ2n) is 3.87. The minimum absolute atomic E-state index is 0.0644. The number of carbonyl (C=O) groups is 1. The maximum absolute atomic E-state index is 11.6. The van der Waals surface area contributed by atoms with E-state index in [9.17, 15) is 4.79 Å². The van der Waals surface area contributed by atoms with Crippen LogP contribution in [0, 0.1) is 5.92 Å². The molecular formula is C10H20N2OS. The lowest BCUT2D eigenvalue weighted by atomic mass is 10.1. The maximum atomic E-state index is 11.6. The summed E-state index contributed by atoms with van der Waals surface area (Å²) in [5, 5.41) is 3.10. The topological polar surface area (TPSA) is 55.1 Å². The van der Waals surface area contributed by atoms with E-state index in [1.54, 1.807) is 0 Å². The van der Waals surface area contributed by atoms with E-state index in [0.717, 1.165) is 19.3 Å². The molecule has 82 valence electrons. The van der Waals surface area contributed by atoms with Gasteiger partial charge in [0.05, 0.1) is 0 Å². The van der Waals surface area contributed by atoms with Crippen molar-refractivity contribution < 1.29 is 4.79 Å². The van der Waals surface area contributed by atoms with Crippen LogP contribution in [0.2, 0.25) is 0 Å². The van der Waals surface area contributed by atoms with Crippen LogP contribution in [-0.4, -0.2) is 30.0 Å². The minimum Gasteiger partial charge on any atom is -0.353 e. The molecular weight excluding hydrogens is 196 g/mol. The summed E-state index contributed by atoms with van der Waals surface area (Å²) in [6.07, 6.45) is 3.02. The Morgan fingerprint density at radius 3 is 2.79 bits per heavy atom. The normalized spacial score (nSPS) is 20.4. The van der Waals surface area contributed by atoms with Crippen molar-refractivity contribution in [2.75, 3.05) is 18.1 Å². The maximum Gasteiger partial charge on any atom is 0.223 e. The summed E-state index contributed by atoms with van der Waals surface area (Å²) in [6.45, 7) is 2.54. The number of rotatable bonds is 4. The third-order valence-electron chi connectivity index (χ3n) is 2.61. The lowest BCUT2D eigenvalue weighted by Gasteiger charge is -2.24. The first-order valence-corrected chi connectivity index (χ1v) is 6.47. The minimum atomic E-state index is 0.0644. The van der Waals surface area contributed by atoms with E-state index < -0.39 is 0 Å². The number of amides is 1. The largest absolute Gasteiger partial charge is 0.353 e.